The number of hydrogen-bond acceptors (Lipinski definition) is 5. The molecule has 5 heteroatoms. The minimum atomic E-state index is 0.345. The molecule has 0 fully saturated rings. The highest BCUT2D eigenvalue weighted by Crippen LogP contribution is 2.25. The van der Waals surface area contributed by atoms with E-state index in [1.54, 1.807) is 20.3 Å². The van der Waals surface area contributed by atoms with Gasteiger partial charge in [0.1, 0.15) is 18.1 Å². The van der Waals surface area contributed by atoms with E-state index in [9.17, 15) is 0 Å². The van der Waals surface area contributed by atoms with Crippen molar-refractivity contribution in [3.8, 4) is 17.4 Å². The summed E-state index contributed by atoms with van der Waals surface area (Å²) in [6.07, 6.45) is 0. The average Bonchev–Trinajstić information content (AvgIpc) is 2.52. The van der Waals surface area contributed by atoms with Gasteiger partial charge in [-0.05, 0) is 12.1 Å². The molecule has 0 radical (unpaired) electrons. The van der Waals surface area contributed by atoms with Gasteiger partial charge in [0.05, 0.1) is 19.9 Å². The Balaban J connectivity index is 2.12. The Hall–Kier alpha value is -2.27. The summed E-state index contributed by atoms with van der Waals surface area (Å²) in [6.45, 7) is 0.752. The lowest BCUT2D eigenvalue weighted by atomic mass is 10.2. The van der Waals surface area contributed by atoms with E-state index in [-0.39, 0.29) is 0 Å². The summed E-state index contributed by atoms with van der Waals surface area (Å²) >= 11 is 0. The van der Waals surface area contributed by atoms with Crippen molar-refractivity contribution < 1.29 is 14.2 Å². The van der Waals surface area contributed by atoms with Gasteiger partial charge in [0.15, 0.2) is 0 Å². The van der Waals surface area contributed by atoms with E-state index < -0.39 is 0 Å². The standard InChI is InChI=1S/C15H18N2O3/c1-18-13-7-6-11(9-16)14(8-13)20-10-12-4-3-5-15(17-12)19-2/h3-8H,9-10,16H2,1-2H3. The number of aromatic nitrogens is 1. The van der Waals surface area contributed by atoms with E-state index in [4.69, 9.17) is 19.9 Å². The molecule has 2 aromatic rings. The van der Waals surface area contributed by atoms with Crippen LogP contribution in [0, 0.1) is 0 Å². The van der Waals surface area contributed by atoms with E-state index in [0.29, 0.717) is 24.8 Å². The molecule has 0 spiro atoms. The molecule has 2 rings (SSSR count). The summed E-state index contributed by atoms with van der Waals surface area (Å²) in [7, 11) is 3.20. The number of nitrogens with zero attached hydrogens (tertiary/aromatic N) is 1. The molecular formula is C15H18N2O3. The van der Waals surface area contributed by atoms with Crippen molar-refractivity contribution in [3.05, 3.63) is 47.7 Å². The fourth-order valence-electron chi connectivity index (χ4n) is 1.77. The molecule has 0 aliphatic carbocycles. The van der Waals surface area contributed by atoms with Crippen molar-refractivity contribution in [2.45, 2.75) is 13.2 Å². The molecule has 106 valence electrons. The van der Waals surface area contributed by atoms with Crippen LogP contribution in [0.2, 0.25) is 0 Å². The largest absolute Gasteiger partial charge is 0.497 e. The summed E-state index contributed by atoms with van der Waals surface area (Å²) in [5.74, 6) is 2.00. The summed E-state index contributed by atoms with van der Waals surface area (Å²) in [6, 6.07) is 11.1. The second-order valence-electron chi connectivity index (χ2n) is 4.14. The van der Waals surface area contributed by atoms with Crippen molar-refractivity contribution in [2.24, 2.45) is 5.73 Å². The maximum absolute atomic E-state index is 5.78. The predicted octanol–water partition coefficient (Wildman–Crippen LogP) is 2.14. The Morgan fingerprint density at radius 3 is 2.65 bits per heavy atom. The van der Waals surface area contributed by atoms with Gasteiger partial charge in [0.2, 0.25) is 5.88 Å². The molecule has 0 bridgehead atoms. The van der Waals surface area contributed by atoms with Crippen molar-refractivity contribution in [2.75, 3.05) is 14.2 Å². The van der Waals surface area contributed by atoms with Crippen LogP contribution in [0.25, 0.3) is 0 Å². The molecule has 0 unspecified atom stereocenters. The first kappa shape index (κ1) is 14.1. The van der Waals surface area contributed by atoms with Crippen molar-refractivity contribution in [3.63, 3.8) is 0 Å². The van der Waals surface area contributed by atoms with Crippen molar-refractivity contribution >= 4 is 0 Å². The number of nitrogens with two attached hydrogens (primary N) is 1. The molecule has 0 atom stereocenters. The minimum absolute atomic E-state index is 0.345. The summed E-state index contributed by atoms with van der Waals surface area (Å²) < 4.78 is 16.0. The molecule has 2 N–H and O–H groups in total. The van der Waals surface area contributed by atoms with Gasteiger partial charge in [-0.25, -0.2) is 4.98 Å². The Kier molecular flexibility index (Phi) is 4.79. The topological polar surface area (TPSA) is 66.6 Å². The van der Waals surface area contributed by atoms with Crippen LogP contribution in [0.4, 0.5) is 0 Å². The van der Waals surface area contributed by atoms with Crippen molar-refractivity contribution in [1.29, 1.82) is 0 Å². The summed E-state index contributed by atoms with van der Waals surface area (Å²) in [4.78, 5) is 4.29. The number of benzene rings is 1. The highest BCUT2D eigenvalue weighted by Gasteiger charge is 2.06. The third-order valence-electron chi connectivity index (χ3n) is 2.86. The molecule has 0 saturated heterocycles. The zero-order chi connectivity index (χ0) is 14.4. The van der Waals surface area contributed by atoms with Crippen LogP contribution in [0.15, 0.2) is 36.4 Å². The van der Waals surface area contributed by atoms with Gasteiger partial charge in [-0.2, -0.15) is 0 Å². The summed E-state index contributed by atoms with van der Waals surface area (Å²) in [5.41, 5.74) is 7.41. The predicted molar refractivity (Wildman–Crippen MR) is 76.0 cm³/mol. The molecule has 0 aliphatic rings. The maximum Gasteiger partial charge on any atom is 0.213 e. The highest BCUT2D eigenvalue weighted by atomic mass is 16.5. The smallest absolute Gasteiger partial charge is 0.213 e. The second kappa shape index (κ2) is 6.77. The second-order valence-corrected chi connectivity index (χ2v) is 4.14. The number of hydrogen-bond donors (Lipinski definition) is 1. The van der Waals surface area contributed by atoms with Gasteiger partial charge in [0, 0.05) is 24.2 Å². The van der Waals surface area contributed by atoms with Crippen molar-refractivity contribution in [1.82, 2.24) is 4.98 Å². The molecule has 20 heavy (non-hydrogen) atoms. The molecule has 0 amide bonds. The Morgan fingerprint density at radius 1 is 1.10 bits per heavy atom. The fraction of sp³-hybridized carbons (Fsp3) is 0.267. The fourth-order valence-corrected chi connectivity index (χ4v) is 1.77. The molecule has 0 aliphatic heterocycles. The molecule has 1 heterocycles. The summed E-state index contributed by atoms with van der Waals surface area (Å²) in [5, 5.41) is 0. The zero-order valence-corrected chi connectivity index (χ0v) is 11.6. The van der Waals surface area contributed by atoms with Gasteiger partial charge in [-0.1, -0.05) is 12.1 Å². The Morgan fingerprint density at radius 2 is 1.95 bits per heavy atom. The van der Waals surface area contributed by atoms with Crippen LogP contribution < -0.4 is 19.9 Å². The molecule has 0 saturated carbocycles. The molecule has 1 aromatic heterocycles. The van der Waals surface area contributed by atoms with E-state index in [0.717, 1.165) is 17.0 Å². The first-order valence-electron chi connectivity index (χ1n) is 6.26. The van der Waals surface area contributed by atoms with Crippen LogP contribution in [-0.4, -0.2) is 19.2 Å². The number of methoxy groups -OCH3 is 2. The van der Waals surface area contributed by atoms with E-state index >= 15 is 0 Å². The van der Waals surface area contributed by atoms with Gasteiger partial charge >= 0.3 is 0 Å². The molecular weight excluding hydrogens is 256 g/mol. The third kappa shape index (κ3) is 3.39. The van der Waals surface area contributed by atoms with E-state index in [1.807, 2.05) is 30.3 Å². The van der Waals surface area contributed by atoms with E-state index in [1.165, 1.54) is 0 Å². The number of rotatable bonds is 6. The molecule has 5 nitrogen and oxygen atoms in total. The third-order valence-corrected chi connectivity index (χ3v) is 2.86. The SMILES string of the molecule is COc1ccc(CN)c(OCc2cccc(OC)n2)c1. The monoisotopic (exact) mass is 274 g/mol. The van der Waals surface area contributed by atoms with Crippen LogP contribution in [0.3, 0.4) is 0 Å². The van der Waals surface area contributed by atoms with E-state index in [2.05, 4.69) is 4.98 Å². The van der Waals surface area contributed by atoms with Crippen LogP contribution in [0.1, 0.15) is 11.3 Å². The first-order chi connectivity index (χ1) is 9.76. The normalized spacial score (nSPS) is 10.2. The molecule has 1 aromatic carbocycles. The number of ether oxygens (including phenoxy) is 3. The van der Waals surface area contributed by atoms with Crippen LogP contribution in [-0.2, 0) is 13.2 Å². The Labute approximate surface area is 118 Å². The van der Waals surface area contributed by atoms with Gasteiger partial charge in [-0.15, -0.1) is 0 Å². The Bertz CT molecular complexity index is 573. The van der Waals surface area contributed by atoms with Crippen LogP contribution in [0.5, 0.6) is 17.4 Å². The highest BCUT2D eigenvalue weighted by molar-refractivity contribution is 5.40. The van der Waals surface area contributed by atoms with Gasteiger partial charge in [-0.3, -0.25) is 0 Å². The lowest BCUT2D eigenvalue weighted by Crippen LogP contribution is -2.04. The lowest BCUT2D eigenvalue weighted by Gasteiger charge is -2.12. The minimum Gasteiger partial charge on any atom is -0.497 e. The number of pyridine rings is 1. The quantitative estimate of drug-likeness (QED) is 0.874. The first-order valence-corrected chi connectivity index (χ1v) is 6.26. The van der Waals surface area contributed by atoms with Gasteiger partial charge in [0.25, 0.3) is 0 Å². The average molecular weight is 274 g/mol. The zero-order valence-electron chi connectivity index (χ0n) is 11.6. The maximum atomic E-state index is 5.78. The van der Waals surface area contributed by atoms with Crippen LogP contribution >= 0.6 is 0 Å². The lowest BCUT2D eigenvalue weighted by molar-refractivity contribution is 0.293. The van der Waals surface area contributed by atoms with Gasteiger partial charge < -0.3 is 19.9 Å².